The number of aryl methyl sites for hydroxylation is 2. The second-order valence-corrected chi connectivity index (χ2v) is 7.41. The molecule has 0 bridgehead atoms. The molecule has 4 aromatic rings. The average Bonchev–Trinajstić information content (AvgIpc) is 3.12. The lowest BCUT2D eigenvalue weighted by Gasteiger charge is -2.09. The summed E-state index contributed by atoms with van der Waals surface area (Å²) >= 11 is 6.04. The van der Waals surface area contributed by atoms with Crippen molar-refractivity contribution in [1.29, 1.82) is 0 Å². The number of carbonyl (C=O) groups excluding carboxylic acids is 1. The van der Waals surface area contributed by atoms with Gasteiger partial charge in [0.2, 0.25) is 0 Å². The Morgan fingerprint density at radius 2 is 1.70 bits per heavy atom. The fourth-order valence-electron chi connectivity index (χ4n) is 3.14. The molecule has 2 aromatic carbocycles. The molecule has 0 amide bonds. The Morgan fingerprint density at radius 3 is 2.37 bits per heavy atom. The van der Waals surface area contributed by atoms with Crippen molar-refractivity contribution in [3.63, 3.8) is 0 Å². The monoisotopic (exact) mass is 420 g/mol. The van der Waals surface area contributed by atoms with E-state index < -0.39 is 5.97 Å². The number of esters is 1. The van der Waals surface area contributed by atoms with Crippen molar-refractivity contribution in [1.82, 2.24) is 9.38 Å². The molecule has 4 rings (SSSR count). The minimum absolute atomic E-state index is 0.160. The van der Waals surface area contributed by atoms with Crippen molar-refractivity contribution < 1.29 is 14.3 Å². The van der Waals surface area contributed by atoms with Crippen LogP contribution in [0.25, 0.3) is 5.65 Å². The van der Waals surface area contributed by atoms with Gasteiger partial charge >= 0.3 is 5.97 Å². The van der Waals surface area contributed by atoms with E-state index in [2.05, 4.69) is 4.98 Å². The molecule has 5 nitrogen and oxygen atoms in total. The highest BCUT2D eigenvalue weighted by Crippen LogP contribution is 2.23. The molecule has 0 N–H and O–H groups in total. The number of nitrogens with zero attached hydrogens (tertiary/aromatic N) is 2. The van der Waals surface area contributed by atoms with Gasteiger partial charge in [-0.25, -0.2) is 9.78 Å². The van der Waals surface area contributed by atoms with E-state index in [1.54, 1.807) is 22.7 Å². The van der Waals surface area contributed by atoms with E-state index in [0.29, 0.717) is 28.5 Å². The molecule has 0 saturated carbocycles. The second-order valence-electron chi connectivity index (χ2n) is 6.97. The molecule has 0 aliphatic carbocycles. The van der Waals surface area contributed by atoms with Crippen LogP contribution in [-0.2, 0) is 17.8 Å². The quantitative estimate of drug-likeness (QED) is 0.358. The summed E-state index contributed by atoms with van der Waals surface area (Å²) in [4.78, 5) is 17.2. The molecule has 0 fully saturated rings. The number of halogens is 1. The molecular weight excluding hydrogens is 400 g/mol. The molecular formula is C24H21ClN2O3. The lowest BCUT2D eigenvalue weighted by atomic mass is 10.2. The number of imidazole rings is 1. The largest absolute Gasteiger partial charge is 0.457 e. The lowest BCUT2D eigenvalue weighted by molar-refractivity contribution is 0.0463. The van der Waals surface area contributed by atoms with Crippen LogP contribution in [0, 0.1) is 6.92 Å². The Hall–Kier alpha value is -3.31. The van der Waals surface area contributed by atoms with Crippen molar-refractivity contribution >= 4 is 23.2 Å². The third kappa shape index (κ3) is 4.31. The van der Waals surface area contributed by atoms with Gasteiger partial charge in [0.1, 0.15) is 23.8 Å². The maximum atomic E-state index is 12.8. The van der Waals surface area contributed by atoms with E-state index in [1.807, 2.05) is 62.4 Å². The van der Waals surface area contributed by atoms with Crippen molar-refractivity contribution in [3.05, 3.63) is 94.4 Å². The van der Waals surface area contributed by atoms with Crippen LogP contribution in [0.15, 0.2) is 66.9 Å². The predicted octanol–water partition coefficient (Wildman–Crippen LogP) is 6.01. The second kappa shape index (κ2) is 8.59. The summed E-state index contributed by atoms with van der Waals surface area (Å²) < 4.78 is 13.1. The Balaban J connectivity index is 1.44. The number of rotatable bonds is 6. The normalized spacial score (nSPS) is 10.9. The zero-order valence-corrected chi connectivity index (χ0v) is 17.5. The number of pyridine rings is 1. The summed E-state index contributed by atoms with van der Waals surface area (Å²) in [6, 6.07) is 18.8. The summed E-state index contributed by atoms with van der Waals surface area (Å²) in [7, 11) is 0. The van der Waals surface area contributed by atoms with Crippen LogP contribution in [0.3, 0.4) is 0 Å². The molecule has 0 saturated heterocycles. The number of fused-ring (bicyclic) bond motifs is 1. The maximum Gasteiger partial charge on any atom is 0.357 e. The zero-order valence-electron chi connectivity index (χ0n) is 16.8. The molecule has 2 heterocycles. The van der Waals surface area contributed by atoms with Gasteiger partial charge in [-0.15, -0.1) is 0 Å². The van der Waals surface area contributed by atoms with E-state index >= 15 is 0 Å². The molecule has 0 spiro atoms. The lowest BCUT2D eigenvalue weighted by Crippen LogP contribution is -2.10. The number of benzene rings is 2. The molecule has 152 valence electrons. The van der Waals surface area contributed by atoms with Crippen LogP contribution in [-0.4, -0.2) is 15.4 Å². The topological polar surface area (TPSA) is 52.8 Å². The molecule has 0 atom stereocenters. The van der Waals surface area contributed by atoms with Crippen LogP contribution >= 0.6 is 11.6 Å². The van der Waals surface area contributed by atoms with Gasteiger partial charge < -0.3 is 9.47 Å². The van der Waals surface area contributed by atoms with E-state index in [9.17, 15) is 4.79 Å². The van der Waals surface area contributed by atoms with Crippen molar-refractivity contribution in [2.75, 3.05) is 0 Å². The van der Waals surface area contributed by atoms with Crippen LogP contribution < -0.4 is 4.74 Å². The van der Waals surface area contributed by atoms with Gasteiger partial charge in [0, 0.05) is 17.3 Å². The van der Waals surface area contributed by atoms with Crippen molar-refractivity contribution in [3.8, 4) is 11.5 Å². The molecule has 0 aliphatic heterocycles. The molecule has 0 unspecified atom stereocenters. The molecule has 6 heteroatoms. The van der Waals surface area contributed by atoms with E-state index in [4.69, 9.17) is 21.1 Å². The maximum absolute atomic E-state index is 12.8. The first kappa shape index (κ1) is 20.0. The van der Waals surface area contributed by atoms with E-state index in [0.717, 1.165) is 17.1 Å². The zero-order chi connectivity index (χ0) is 21.1. The van der Waals surface area contributed by atoms with Crippen LogP contribution in [0.4, 0.5) is 0 Å². The first-order valence-electron chi connectivity index (χ1n) is 9.70. The standard InChI is InChI=1S/C24H21ClN2O3/c1-3-21-23(27-13-12-18(25)14-22(27)26-21)24(28)29-15-17-6-10-20(11-7-17)30-19-8-4-16(2)5-9-19/h4-14H,3,15H2,1-2H3. The predicted molar refractivity (Wildman–Crippen MR) is 116 cm³/mol. The van der Waals surface area contributed by atoms with Gasteiger partial charge in [-0.3, -0.25) is 4.40 Å². The van der Waals surface area contributed by atoms with Gasteiger partial charge in [0.15, 0.2) is 5.69 Å². The van der Waals surface area contributed by atoms with Crippen molar-refractivity contribution in [2.45, 2.75) is 26.9 Å². The van der Waals surface area contributed by atoms with Crippen molar-refractivity contribution in [2.24, 2.45) is 0 Å². The third-order valence-electron chi connectivity index (χ3n) is 4.74. The molecule has 30 heavy (non-hydrogen) atoms. The fraction of sp³-hybridized carbons (Fsp3) is 0.167. The number of carbonyl (C=O) groups is 1. The Morgan fingerprint density at radius 1 is 1.03 bits per heavy atom. The first-order valence-corrected chi connectivity index (χ1v) is 10.1. The minimum atomic E-state index is -0.415. The number of aromatic nitrogens is 2. The Bertz CT molecular complexity index is 1180. The summed E-state index contributed by atoms with van der Waals surface area (Å²) in [5, 5.41) is 0.572. The van der Waals surface area contributed by atoms with Gasteiger partial charge in [-0.05, 0) is 49.2 Å². The molecule has 0 aliphatic rings. The van der Waals surface area contributed by atoms with E-state index in [-0.39, 0.29) is 6.61 Å². The number of hydrogen-bond acceptors (Lipinski definition) is 4. The highest BCUT2D eigenvalue weighted by Gasteiger charge is 2.20. The van der Waals surface area contributed by atoms with Crippen LogP contribution in [0.5, 0.6) is 11.5 Å². The summed E-state index contributed by atoms with van der Waals surface area (Å²) in [5.74, 6) is 1.09. The summed E-state index contributed by atoms with van der Waals surface area (Å²) in [6.45, 7) is 4.14. The SMILES string of the molecule is CCc1nc2cc(Cl)ccn2c1C(=O)OCc1ccc(Oc2ccc(C)cc2)cc1. The van der Waals surface area contributed by atoms with Gasteiger partial charge in [-0.2, -0.15) is 0 Å². The van der Waals surface area contributed by atoms with E-state index in [1.165, 1.54) is 5.56 Å². The Labute approximate surface area is 179 Å². The molecule has 0 radical (unpaired) electrons. The first-order chi connectivity index (χ1) is 14.5. The summed E-state index contributed by atoms with van der Waals surface area (Å²) in [6.07, 6.45) is 2.35. The molecule has 2 aromatic heterocycles. The average molecular weight is 421 g/mol. The minimum Gasteiger partial charge on any atom is -0.457 e. The van der Waals surface area contributed by atoms with Crippen LogP contribution in [0.1, 0.15) is 34.2 Å². The van der Waals surface area contributed by atoms with Gasteiger partial charge in [0.05, 0.1) is 5.69 Å². The third-order valence-corrected chi connectivity index (χ3v) is 4.97. The van der Waals surface area contributed by atoms with Gasteiger partial charge in [0.25, 0.3) is 0 Å². The highest BCUT2D eigenvalue weighted by molar-refractivity contribution is 6.30. The highest BCUT2D eigenvalue weighted by atomic mass is 35.5. The number of ether oxygens (including phenoxy) is 2. The fourth-order valence-corrected chi connectivity index (χ4v) is 3.30. The van der Waals surface area contributed by atoms with Gasteiger partial charge in [-0.1, -0.05) is 48.4 Å². The summed E-state index contributed by atoms with van der Waals surface area (Å²) in [5.41, 5.74) is 3.80. The van der Waals surface area contributed by atoms with Crippen LogP contribution in [0.2, 0.25) is 5.02 Å². The Kier molecular flexibility index (Phi) is 5.72. The number of hydrogen-bond donors (Lipinski definition) is 0. The smallest absolute Gasteiger partial charge is 0.357 e.